The summed E-state index contributed by atoms with van der Waals surface area (Å²) in [4.78, 5) is 15.8. The van der Waals surface area contributed by atoms with E-state index in [9.17, 15) is 4.79 Å². The third-order valence-corrected chi connectivity index (χ3v) is 1.43. The van der Waals surface area contributed by atoms with Gasteiger partial charge in [0.2, 0.25) is 0 Å². The Morgan fingerprint density at radius 3 is 2.58 bits per heavy atom. The molecular formula is C6H8N4O2. The van der Waals surface area contributed by atoms with Crippen LogP contribution in [0.4, 0.5) is 0 Å². The molecule has 2 N–H and O–H groups in total. The Kier molecular flexibility index (Phi) is 1.90. The van der Waals surface area contributed by atoms with E-state index < -0.39 is 11.6 Å². The van der Waals surface area contributed by atoms with Crippen molar-refractivity contribution >= 4 is 23.5 Å². The summed E-state index contributed by atoms with van der Waals surface area (Å²) in [6, 6.07) is 0.0426. The van der Waals surface area contributed by atoms with Crippen LogP contribution in [0.3, 0.4) is 0 Å². The van der Waals surface area contributed by atoms with Gasteiger partial charge in [0.25, 0.3) is 5.91 Å². The molecule has 0 aromatic carbocycles. The van der Waals surface area contributed by atoms with Gasteiger partial charge in [0.1, 0.15) is 0 Å². The molecule has 1 aliphatic rings. The number of carbonyl (C=O) groups excluding carboxylic acids is 1. The number of rotatable bonds is 0. The van der Waals surface area contributed by atoms with Crippen molar-refractivity contribution in [2.75, 3.05) is 14.2 Å². The maximum Gasteiger partial charge on any atom is 0.300 e. The summed E-state index contributed by atoms with van der Waals surface area (Å²) in [5.74, 6) is -0.943. The van der Waals surface area contributed by atoms with E-state index in [1.165, 1.54) is 14.2 Å². The van der Waals surface area contributed by atoms with Crippen LogP contribution in [0.2, 0.25) is 0 Å². The van der Waals surface area contributed by atoms with Crippen LogP contribution >= 0.6 is 0 Å². The summed E-state index contributed by atoms with van der Waals surface area (Å²) in [6.07, 6.45) is 0. The highest BCUT2D eigenvalue weighted by Gasteiger charge is 2.28. The largest absolute Gasteiger partial charge is 0.468 e. The van der Waals surface area contributed by atoms with E-state index in [1.807, 2.05) is 0 Å². The van der Waals surface area contributed by atoms with Crippen molar-refractivity contribution in [3.8, 4) is 0 Å². The number of methoxy groups -OCH3 is 1. The lowest BCUT2D eigenvalue weighted by molar-refractivity contribution is -0.120. The Morgan fingerprint density at radius 2 is 2.08 bits per heavy atom. The van der Waals surface area contributed by atoms with Gasteiger partial charge in [-0.2, -0.15) is 4.99 Å². The molecule has 0 fully saturated rings. The molecule has 1 amide bonds. The molecule has 6 nitrogen and oxygen atoms in total. The van der Waals surface area contributed by atoms with Gasteiger partial charge in [0.05, 0.1) is 7.11 Å². The van der Waals surface area contributed by atoms with Gasteiger partial charge in [0.15, 0.2) is 11.5 Å². The number of nitrogens with zero attached hydrogens (tertiary/aromatic N) is 2. The number of amidine groups is 2. The second-order valence-corrected chi connectivity index (χ2v) is 2.19. The van der Waals surface area contributed by atoms with Crippen LogP contribution in [0.15, 0.2) is 4.99 Å². The van der Waals surface area contributed by atoms with Crippen molar-refractivity contribution < 1.29 is 9.53 Å². The molecule has 0 unspecified atom stereocenters. The summed E-state index contributed by atoms with van der Waals surface area (Å²) in [6.45, 7) is 0. The molecule has 0 aliphatic carbocycles. The molecule has 0 aromatic rings. The van der Waals surface area contributed by atoms with E-state index in [-0.39, 0.29) is 11.9 Å². The normalized spacial score (nSPS) is 18.0. The minimum Gasteiger partial charge on any atom is -0.468 e. The zero-order chi connectivity index (χ0) is 9.30. The third kappa shape index (κ3) is 1.07. The molecule has 0 bridgehead atoms. The maximum atomic E-state index is 11.1. The van der Waals surface area contributed by atoms with Gasteiger partial charge in [-0.3, -0.25) is 20.5 Å². The molecule has 0 saturated heterocycles. The molecule has 12 heavy (non-hydrogen) atoms. The SMILES string of the molecule is COC1=NC(=N)C(=N)C(=O)N1C. The average Bonchev–Trinajstić information content (AvgIpc) is 2.08. The van der Waals surface area contributed by atoms with E-state index in [4.69, 9.17) is 15.6 Å². The van der Waals surface area contributed by atoms with Crippen molar-refractivity contribution in [3.05, 3.63) is 0 Å². The van der Waals surface area contributed by atoms with Crippen LogP contribution in [0.25, 0.3) is 0 Å². The van der Waals surface area contributed by atoms with Gasteiger partial charge in [0, 0.05) is 7.05 Å². The van der Waals surface area contributed by atoms with Crippen LogP contribution < -0.4 is 0 Å². The van der Waals surface area contributed by atoms with E-state index in [2.05, 4.69) is 4.99 Å². The first-order valence-corrected chi connectivity index (χ1v) is 3.16. The summed E-state index contributed by atoms with van der Waals surface area (Å²) in [5, 5.41) is 14.2. The molecule has 0 atom stereocenters. The predicted octanol–water partition coefficient (Wildman–Crippen LogP) is -0.542. The summed E-state index contributed by atoms with van der Waals surface area (Å²) >= 11 is 0. The predicted molar refractivity (Wildman–Crippen MR) is 42.7 cm³/mol. The lowest BCUT2D eigenvalue weighted by Crippen LogP contribution is -2.45. The van der Waals surface area contributed by atoms with Crippen LogP contribution in [0, 0.1) is 10.8 Å². The fourth-order valence-electron chi connectivity index (χ4n) is 0.765. The first kappa shape index (κ1) is 8.38. The van der Waals surface area contributed by atoms with Gasteiger partial charge >= 0.3 is 6.02 Å². The van der Waals surface area contributed by atoms with Crippen LogP contribution in [0.5, 0.6) is 0 Å². The van der Waals surface area contributed by atoms with E-state index in [0.717, 1.165) is 4.90 Å². The highest BCUT2D eigenvalue weighted by atomic mass is 16.5. The summed E-state index contributed by atoms with van der Waals surface area (Å²) in [5.41, 5.74) is -0.418. The monoisotopic (exact) mass is 168 g/mol. The van der Waals surface area contributed by atoms with Gasteiger partial charge in [-0.05, 0) is 0 Å². The second kappa shape index (κ2) is 2.72. The quantitative estimate of drug-likeness (QED) is 0.508. The lowest BCUT2D eigenvalue weighted by Gasteiger charge is -2.21. The molecule has 0 saturated carbocycles. The lowest BCUT2D eigenvalue weighted by atomic mass is 10.3. The average molecular weight is 168 g/mol. The Morgan fingerprint density at radius 1 is 1.50 bits per heavy atom. The second-order valence-electron chi connectivity index (χ2n) is 2.19. The zero-order valence-corrected chi connectivity index (χ0v) is 6.71. The first-order chi connectivity index (χ1) is 5.57. The molecule has 0 aromatic heterocycles. The first-order valence-electron chi connectivity index (χ1n) is 3.16. The molecule has 1 aliphatic heterocycles. The Hall–Kier alpha value is -1.72. The van der Waals surface area contributed by atoms with Crippen molar-refractivity contribution in [2.45, 2.75) is 0 Å². The van der Waals surface area contributed by atoms with Gasteiger partial charge in [-0.25, -0.2) is 0 Å². The highest BCUT2D eigenvalue weighted by Crippen LogP contribution is 2.01. The van der Waals surface area contributed by atoms with Crippen LogP contribution in [-0.4, -0.2) is 42.5 Å². The number of carbonyl (C=O) groups is 1. The van der Waals surface area contributed by atoms with Crippen LogP contribution in [0.1, 0.15) is 0 Å². The fourth-order valence-corrected chi connectivity index (χ4v) is 0.765. The number of amides is 1. The van der Waals surface area contributed by atoms with Gasteiger partial charge in [-0.1, -0.05) is 0 Å². The fraction of sp³-hybridized carbons (Fsp3) is 0.333. The number of aliphatic imine (C=N–C) groups is 1. The molecular weight excluding hydrogens is 160 g/mol. The highest BCUT2D eigenvalue weighted by molar-refractivity contribution is 6.67. The van der Waals surface area contributed by atoms with Gasteiger partial charge in [-0.15, -0.1) is 0 Å². The third-order valence-electron chi connectivity index (χ3n) is 1.43. The minimum atomic E-state index is -0.577. The smallest absolute Gasteiger partial charge is 0.300 e. The zero-order valence-electron chi connectivity index (χ0n) is 6.71. The molecule has 0 radical (unpaired) electrons. The Balaban J connectivity index is 3.08. The Labute approximate surface area is 68.9 Å². The van der Waals surface area contributed by atoms with Gasteiger partial charge < -0.3 is 4.74 Å². The van der Waals surface area contributed by atoms with Crippen LogP contribution in [-0.2, 0) is 9.53 Å². The van der Waals surface area contributed by atoms with Crippen molar-refractivity contribution in [3.63, 3.8) is 0 Å². The minimum absolute atomic E-state index is 0.0426. The number of ether oxygens (including phenoxy) is 1. The van der Waals surface area contributed by atoms with Crippen molar-refractivity contribution in [1.82, 2.24) is 4.90 Å². The van der Waals surface area contributed by atoms with E-state index >= 15 is 0 Å². The molecule has 6 heteroatoms. The number of hydrogen-bond acceptors (Lipinski definition) is 4. The maximum absolute atomic E-state index is 11.1. The number of nitrogens with one attached hydrogen (secondary N) is 2. The summed E-state index contributed by atoms with van der Waals surface area (Å²) in [7, 11) is 2.79. The molecule has 1 heterocycles. The standard InChI is InChI=1S/C6H8N4O2/c1-10-5(11)3(7)4(8)9-6(10)12-2/h7-8H,1-2H3. The molecule has 64 valence electrons. The number of hydrogen-bond donors (Lipinski definition) is 2. The van der Waals surface area contributed by atoms with Crippen molar-refractivity contribution in [2.24, 2.45) is 4.99 Å². The Bertz CT molecular complexity index is 294. The van der Waals surface area contributed by atoms with E-state index in [0.29, 0.717) is 0 Å². The molecule has 0 spiro atoms. The van der Waals surface area contributed by atoms with Crippen molar-refractivity contribution in [1.29, 1.82) is 10.8 Å². The molecule has 1 rings (SSSR count). The summed E-state index contributed by atoms with van der Waals surface area (Å²) < 4.78 is 4.71. The topological polar surface area (TPSA) is 89.6 Å². The van der Waals surface area contributed by atoms with E-state index in [1.54, 1.807) is 0 Å².